The van der Waals surface area contributed by atoms with Crippen LogP contribution < -0.4 is 11.2 Å². The third-order valence-electron chi connectivity index (χ3n) is 1.29. The minimum atomic E-state index is -0.315. The van der Waals surface area contributed by atoms with Gasteiger partial charge in [0.2, 0.25) is 0 Å². The predicted molar refractivity (Wildman–Crippen MR) is 49.0 cm³/mol. The first-order valence-electron chi connectivity index (χ1n) is 3.75. The quantitative estimate of drug-likeness (QED) is 0.483. The lowest BCUT2D eigenvalue weighted by Crippen LogP contribution is -2.26. The van der Waals surface area contributed by atoms with E-state index in [1.807, 2.05) is 0 Å². The van der Waals surface area contributed by atoms with Crippen LogP contribution in [0.3, 0.4) is 0 Å². The van der Waals surface area contributed by atoms with E-state index in [0.717, 1.165) is 5.56 Å². The summed E-state index contributed by atoms with van der Waals surface area (Å²) in [6, 6.07) is 3.55. The van der Waals surface area contributed by atoms with Crippen LogP contribution in [0.15, 0.2) is 29.6 Å². The Hall–Kier alpha value is -1.75. The second-order valence-corrected chi connectivity index (χ2v) is 2.28. The van der Waals surface area contributed by atoms with Gasteiger partial charge in [-0.1, -0.05) is 0 Å². The van der Waals surface area contributed by atoms with Gasteiger partial charge in [0.15, 0.2) is 0 Å². The van der Waals surface area contributed by atoms with Crippen molar-refractivity contribution in [3.05, 3.63) is 30.1 Å². The number of amides is 1. The van der Waals surface area contributed by atoms with Crippen LogP contribution in [0, 0.1) is 0 Å². The molecule has 0 aromatic carbocycles. The summed E-state index contributed by atoms with van der Waals surface area (Å²) < 4.78 is 0. The molecule has 0 aliphatic rings. The molecule has 0 unspecified atom stereocenters. The molecule has 1 aromatic heterocycles. The lowest BCUT2D eigenvalue weighted by atomic mass is 10.3. The van der Waals surface area contributed by atoms with Crippen LogP contribution in [0.1, 0.15) is 5.56 Å². The molecule has 1 heterocycles. The summed E-state index contributed by atoms with van der Waals surface area (Å²) in [5.74, 6) is -0.315. The van der Waals surface area contributed by atoms with Gasteiger partial charge < -0.3 is 5.73 Å². The molecule has 0 atom stereocenters. The number of nitrogens with zero attached hydrogens (tertiary/aromatic N) is 2. The summed E-state index contributed by atoms with van der Waals surface area (Å²) in [5.41, 5.74) is 8.19. The van der Waals surface area contributed by atoms with Crippen molar-refractivity contribution >= 4 is 12.1 Å². The first kappa shape index (κ1) is 9.34. The van der Waals surface area contributed by atoms with Gasteiger partial charge in [-0.25, -0.2) is 5.43 Å². The molecule has 0 radical (unpaired) electrons. The van der Waals surface area contributed by atoms with Gasteiger partial charge in [-0.2, -0.15) is 5.10 Å². The third-order valence-corrected chi connectivity index (χ3v) is 1.29. The highest BCUT2D eigenvalue weighted by molar-refractivity contribution is 5.82. The van der Waals surface area contributed by atoms with E-state index in [0.29, 0.717) is 0 Å². The van der Waals surface area contributed by atoms with E-state index in [1.165, 1.54) is 6.21 Å². The van der Waals surface area contributed by atoms with E-state index >= 15 is 0 Å². The normalized spacial score (nSPS) is 10.2. The van der Waals surface area contributed by atoms with Crippen molar-refractivity contribution in [2.45, 2.75) is 0 Å². The minimum Gasteiger partial charge on any atom is -0.322 e. The van der Waals surface area contributed by atoms with Crippen LogP contribution in [0.2, 0.25) is 0 Å². The summed E-state index contributed by atoms with van der Waals surface area (Å²) in [4.78, 5) is 14.5. The Labute approximate surface area is 75.7 Å². The molecule has 0 saturated heterocycles. The van der Waals surface area contributed by atoms with Crippen LogP contribution in [-0.4, -0.2) is 23.7 Å². The predicted octanol–water partition coefficient (Wildman–Crippen LogP) is -0.510. The Bertz CT molecular complexity index is 296. The van der Waals surface area contributed by atoms with Crippen molar-refractivity contribution in [2.24, 2.45) is 10.8 Å². The molecule has 3 N–H and O–H groups in total. The first-order chi connectivity index (χ1) is 6.33. The van der Waals surface area contributed by atoms with Crippen LogP contribution in [-0.2, 0) is 4.79 Å². The number of hydrazone groups is 1. The highest BCUT2D eigenvalue weighted by Gasteiger charge is 1.91. The molecular weight excluding hydrogens is 168 g/mol. The number of rotatable bonds is 3. The van der Waals surface area contributed by atoms with Crippen molar-refractivity contribution in [2.75, 3.05) is 6.54 Å². The fourth-order valence-electron chi connectivity index (χ4n) is 0.674. The summed E-state index contributed by atoms with van der Waals surface area (Å²) in [6.45, 7) is -0.0618. The Balaban J connectivity index is 2.45. The SMILES string of the molecule is NCC(=O)NN=Cc1ccncc1. The average molecular weight is 178 g/mol. The van der Waals surface area contributed by atoms with E-state index in [4.69, 9.17) is 5.73 Å². The molecule has 1 amide bonds. The maximum Gasteiger partial charge on any atom is 0.253 e. The molecule has 0 fully saturated rings. The number of hydrogen-bond donors (Lipinski definition) is 2. The largest absolute Gasteiger partial charge is 0.322 e. The van der Waals surface area contributed by atoms with Crippen molar-refractivity contribution in [1.29, 1.82) is 0 Å². The zero-order valence-electron chi connectivity index (χ0n) is 6.97. The van der Waals surface area contributed by atoms with Crippen molar-refractivity contribution < 1.29 is 4.79 Å². The Morgan fingerprint density at radius 3 is 2.92 bits per heavy atom. The van der Waals surface area contributed by atoms with Crippen LogP contribution in [0.4, 0.5) is 0 Å². The topological polar surface area (TPSA) is 80.4 Å². The molecular formula is C8H10N4O. The maximum absolute atomic E-state index is 10.6. The van der Waals surface area contributed by atoms with E-state index in [9.17, 15) is 4.79 Å². The molecule has 1 aromatic rings. The van der Waals surface area contributed by atoms with Crippen molar-refractivity contribution in [3.8, 4) is 0 Å². The van der Waals surface area contributed by atoms with E-state index in [2.05, 4.69) is 15.5 Å². The Morgan fingerprint density at radius 1 is 1.62 bits per heavy atom. The molecule has 13 heavy (non-hydrogen) atoms. The molecule has 0 aliphatic heterocycles. The standard InChI is InChI=1S/C8H10N4O/c9-5-8(13)12-11-6-7-1-3-10-4-2-7/h1-4,6H,5,9H2,(H,12,13). The second kappa shape index (κ2) is 5.00. The molecule has 0 spiro atoms. The lowest BCUT2D eigenvalue weighted by Gasteiger charge is -1.93. The monoisotopic (exact) mass is 178 g/mol. The van der Waals surface area contributed by atoms with E-state index in [-0.39, 0.29) is 12.5 Å². The lowest BCUT2D eigenvalue weighted by molar-refractivity contribution is -0.119. The third kappa shape index (κ3) is 3.44. The summed E-state index contributed by atoms with van der Waals surface area (Å²) in [7, 11) is 0. The summed E-state index contributed by atoms with van der Waals surface area (Å²) >= 11 is 0. The zero-order chi connectivity index (χ0) is 9.52. The molecule has 68 valence electrons. The minimum absolute atomic E-state index is 0.0618. The zero-order valence-corrected chi connectivity index (χ0v) is 6.97. The van der Waals surface area contributed by atoms with Gasteiger partial charge in [-0.15, -0.1) is 0 Å². The van der Waals surface area contributed by atoms with Gasteiger partial charge in [-0.3, -0.25) is 9.78 Å². The molecule has 0 saturated carbocycles. The summed E-state index contributed by atoms with van der Waals surface area (Å²) in [5, 5.41) is 3.68. The number of nitrogens with two attached hydrogens (primary N) is 1. The number of pyridine rings is 1. The van der Waals surface area contributed by atoms with Crippen molar-refractivity contribution in [1.82, 2.24) is 10.4 Å². The molecule has 5 nitrogen and oxygen atoms in total. The molecule has 0 bridgehead atoms. The van der Waals surface area contributed by atoms with Gasteiger partial charge in [0.1, 0.15) is 0 Å². The second-order valence-electron chi connectivity index (χ2n) is 2.28. The Morgan fingerprint density at radius 2 is 2.31 bits per heavy atom. The van der Waals surface area contributed by atoms with Gasteiger partial charge in [0.05, 0.1) is 12.8 Å². The number of aromatic nitrogens is 1. The van der Waals surface area contributed by atoms with Gasteiger partial charge in [-0.05, 0) is 17.7 Å². The molecule has 1 rings (SSSR count). The smallest absolute Gasteiger partial charge is 0.253 e. The van der Waals surface area contributed by atoms with Crippen LogP contribution in [0.5, 0.6) is 0 Å². The van der Waals surface area contributed by atoms with Crippen LogP contribution in [0.25, 0.3) is 0 Å². The number of carbonyl (C=O) groups excluding carboxylic acids is 1. The maximum atomic E-state index is 10.6. The van der Waals surface area contributed by atoms with E-state index in [1.54, 1.807) is 24.5 Å². The van der Waals surface area contributed by atoms with Crippen molar-refractivity contribution in [3.63, 3.8) is 0 Å². The highest BCUT2D eigenvalue weighted by Crippen LogP contribution is 1.89. The van der Waals surface area contributed by atoms with Crippen LogP contribution >= 0.6 is 0 Å². The fraction of sp³-hybridized carbons (Fsp3) is 0.125. The molecule has 5 heteroatoms. The van der Waals surface area contributed by atoms with Gasteiger partial charge >= 0.3 is 0 Å². The summed E-state index contributed by atoms with van der Waals surface area (Å²) in [6.07, 6.45) is 4.81. The highest BCUT2D eigenvalue weighted by atomic mass is 16.2. The van der Waals surface area contributed by atoms with Gasteiger partial charge in [0.25, 0.3) is 5.91 Å². The number of carbonyl (C=O) groups is 1. The van der Waals surface area contributed by atoms with E-state index < -0.39 is 0 Å². The number of hydrogen-bond acceptors (Lipinski definition) is 4. The molecule has 0 aliphatic carbocycles. The fourth-order valence-corrected chi connectivity index (χ4v) is 0.674. The average Bonchev–Trinajstić information content (AvgIpc) is 2.19. The van der Waals surface area contributed by atoms with Gasteiger partial charge in [0, 0.05) is 12.4 Å². The first-order valence-corrected chi connectivity index (χ1v) is 3.75. The number of nitrogens with one attached hydrogen (secondary N) is 1. The Kier molecular flexibility index (Phi) is 3.59.